The summed E-state index contributed by atoms with van der Waals surface area (Å²) in [5.41, 5.74) is 3.27. The minimum Gasteiger partial charge on any atom is -0.481 e. The Morgan fingerprint density at radius 3 is 1.69 bits per heavy atom. The van der Waals surface area contributed by atoms with Gasteiger partial charge in [-0.1, -0.05) is 78.9 Å². The lowest BCUT2D eigenvalue weighted by Crippen LogP contribution is -2.58. The zero-order chi connectivity index (χ0) is 41.2. The van der Waals surface area contributed by atoms with Gasteiger partial charge in [0.05, 0.1) is 12.0 Å². The SMILES string of the molecule is O=C(O)[C@H]1CC(=O)[C@@H](Cc2cccs2)NC(=O)[C@H](Cc2ccc(-c3ccccc3)cc2)NC(=O)[C@@H](Cc2cccs2)NC(=O)[C@H](O)[C@@H](O)C(=O)Nc2ccc(cc2)C1. The van der Waals surface area contributed by atoms with Crippen molar-refractivity contribution in [2.75, 3.05) is 5.32 Å². The molecular formula is C43H42N4O9S2. The average Bonchev–Trinajstić information content (AvgIpc) is 3.95. The van der Waals surface area contributed by atoms with E-state index < -0.39 is 78.1 Å². The molecule has 13 nitrogen and oxygen atoms in total. The molecule has 2 aromatic heterocycles. The van der Waals surface area contributed by atoms with Crippen LogP contribution in [0.5, 0.6) is 0 Å². The number of benzene rings is 3. The molecule has 4 amide bonds. The fraction of sp³-hybridized carbons (Fsp3) is 0.256. The molecule has 58 heavy (non-hydrogen) atoms. The Labute approximate surface area is 342 Å². The van der Waals surface area contributed by atoms with E-state index in [1.807, 2.05) is 60.0 Å². The number of aliphatic hydroxyl groups is 2. The minimum absolute atomic E-state index is 0.0404. The fourth-order valence-corrected chi connectivity index (χ4v) is 8.07. The van der Waals surface area contributed by atoms with Gasteiger partial charge < -0.3 is 36.6 Å². The zero-order valence-corrected chi connectivity index (χ0v) is 32.7. The third kappa shape index (κ3) is 11.1. The van der Waals surface area contributed by atoms with E-state index in [9.17, 15) is 44.1 Å². The van der Waals surface area contributed by atoms with E-state index >= 15 is 0 Å². The Morgan fingerprint density at radius 1 is 0.569 bits per heavy atom. The van der Waals surface area contributed by atoms with Crippen molar-refractivity contribution in [1.29, 1.82) is 0 Å². The second-order valence-corrected chi connectivity index (χ2v) is 16.1. The van der Waals surface area contributed by atoms with Crippen LogP contribution in [0.2, 0.25) is 0 Å². The molecule has 7 rings (SSSR count). The number of thiophene rings is 2. The van der Waals surface area contributed by atoms with Gasteiger partial charge in [-0.15, -0.1) is 22.7 Å². The number of aliphatic hydroxyl groups excluding tert-OH is 2. The number of carbonyl (C=O) groups excluding carboxylic acids is 5. The summed E-state index contributed by atoms with van der Waals surface area (Å²) in [7, 11) is 0. The highest BCUT2D eigenvalue weighted by molar-refractivity contribution is 7.10. The highest BCUT2D eigenvalue weighted by Crippen LogP contribution is 2.22. The third-order valence-corrected chi connectivity index (χ3v) is 11.6. The number of hydrogen-bond acceptors (Lipinski definition) is 10. The van der Waals surface area contributed by atoms with Gasteiger partial charge in [-0.25, -0.2) is 0 Å². The molecule has 2 aliphatic rings. The first-order chi connectivity index (χ1) is 27.9. The van der Waals surface area contributed by atoms with Gasteiger partial charge in [-0.3, -0.25) is 28.8 Å². The Morgan fingerprint density at radius 2 is 1.10 bits per heavy atom. The van der Waals surface area contributed by atoms with Crippen LogP contribution in [0.15, 0.2) is 114 Å². The van der Waals surface area contributed by atoms with E-state index in [0.29, 0.717) is 16.0 Å². The number of ketones is 1. The summed E-state index contributed by atoms with van der Waals surface area (Å²) in [5, 5.41) is 45.6. The van der Waals surface area contributed by atoms with Crippen molar-refractivity contribution in [3.05, 3.63) is 135 Å². The molecule has 0 radical (unpaired) electrons. The van der Waals surface area contributed by atoms with Crippen molar-refractivity contribution in [3.63, 3.8) is 0 Å². The molecule has 5 aromatic rings. The summed E-state index contributed by atoms with van der Waals surface area (Å²) < 4.78 is 0. The van der Waals surface area contributed by atoms with Gasteiger partial charge in [-0.2, -0.15) is 0 Å². The normalized spacial score (nSPS) is 22.6. The summed E-state index contributed by atoms with van der Waals surface area (Å²) in [6.07, 6.45) is -5.02. The van der Waals surface area contributed by atoms with Crippen LogP contribution in [0.3, 0.4) is 0 Å². The van der Waals surface area contributed by atoms with Crippen LogP contribution in [0.4, 0.5) is 5.69 Å². The number of fused-ring (bicyclic) bond motifs is 18. The average molecular weight is 823 g/mol. The molecule has 0 fully saturated rings. The molecule has 0 saturated heterocycles. The molecule has 300 valence electrons. The van der Waals surface area contributed by atoms with Gasteiger partial charge in [0.2, 0.25) is 11.8 Å². The lowest BCUT2D eigenvalue weighted by molar-refractivity contribution is -0.145. The van der Waals surface area contributed by atoms with E-state index in [4.69, 9.17) is 0 Å². The maximum Gasteiger partial charge on any atom is 0.307 e. The Balaban J connectivity index is 1.36. The predicted molar refractivity (Wildman–Crippen MR) is 219 cm³/mol. The van der Waals surface area contributed by atoms with E-state index in [1.165, 1.54) is 34.8 Å². The van der Waals surface area contributed by atoms with Crippen LogP contribution in [0, 0.1) is 5.92 Å². The number of carbonyl (C=O) groups is 6. The highest BCUT2D eigenvalue weighted by Gasteiger charge is 2.36. The summed E-state index contributed by atoms with van der Waals surface area (Å²) in [4.78, 5) is 82.8. The molecule has 2 aliphatic heterocycles. The highest BCUT2D eigenvalue weighted by atomic mass is 32.1. The molecule has 2 bridgehead atoms. The number of amides is 4. The monoisotopic (exact) mass is 822 g/mol. The second kappa shape index (κ2) is 19.4. The number of anilines is 1. The number of aliphatic carboxylic acids is 1. The maximum absolute atomic E-state index is 14.4. The van der Waals surface area contributed by atoms with Crippen molar-refractivity contribution in [1.82, 2.24) is 16.0 Å². The van der Waals surface area contributed by atoms with Crippen LogP contribution in [0.1, 0.15) is 27.3 Å². The van der Waals surface area contributed by atoms with Gasteiger partial charge in [0.1, 0.15) is 12.1 Å². The van der Waals surface area contributed by atoms with Crippen molar-refractivity contribution < 1.29 is 44.1 Å². The number of Topliss-reactive ketones (excluding diaryl/α,β-unsaturated/α-hetero) is 1. The van der Waals surface area contributed by atoms with E-state index in [2.05, 4.69) is 21.3 Å². The number of carboxylic acid groups (broad SMARTS) is 1. The smallest absolute Gasteiger partial charge is 0.307 e. The van der Waals surface area contributed by atoms with Crippen LogP contribution >= 0.6 is 22.7 Å². The topological polar surface area (TPSA) is 211 Å². The Kier molecular flexibility index (Phi) is 13.9. The van der Waals surface area contributed by atoms with Crippen LogP contribution in [-0.2, 0) is 54.5 Å². The van der Waals surface area contributed by atoms with Crippen molar-refractivity contribution in [2.45, 2.75) is 62.4 Å². The summed E-state index contributed by atoms with van der Waals surface area (Å²) in [5.74, 6) is -6.77. The second-order valence-electron chi connectivity index (χ2n) is 14.0. The first kappa shape index (κ1) is 41.6. The number of nitrogens with one attached hydrogen (secondary N) is 4. The van der Waals surface area contributed by atoms with Crippen LogP contribution in [-0.4, -0.2) is 81.0 Å². The maximum atomic E-state index is 14.4. The minimum atomic E-state index is -2.28. The van der Waals surface area contributed by atoms with Gasteiger partial charge in [0, 0.05) is 41.1 Å². The standard InChI is InChI=1S/C43H42N4O9S2/c48-36-22-29(43(55)56)20-25-12-16-30(17-13-25)44-41(53)37(49)38(50)42(54)47-35(24-32-9-5-19-58-32)40(52)46-34(39(51)45-33(36)23-31-8-4-18-57-31)21-26-10-14-28(15-11-26)27-6-2-1-3-7-27/h1-19,29,33-35,37-38,49-50H,20-24H2,(H,44,53)(H,45,51)(H,46,52)(H,47,54)(H,55,56)/t29-,33-,34+,35-,37-,38-/m1/s1. The van der Waals surface area contributed by atoms with Crippen molar-refractivity contribution in [3.8, 4) is 11.1 Å². The molecular weight excluding hydrogens is 781 g/mol. The van der Waals surface area contributed by atoms with Crippen LogP contribution in [0.25, 0.3) is 11.1 Å². The Bertz CT molecular complexity index is 2200. The zero-order valence-electron chi connectivity index (χ0n) is 31.1. The molecule has 7 N–H and O–H groups in total. The Hall–Kier alpha value is -6.00. The van der Waals surface area contributed by atoms with Gasteiger partial charge in [0.15, 0.2) is 18.0 Å². The van der Waals surface area contributed by atoms with Gasteiger partial charge in [0.25, 0.3) is 11.8 Å². The van der Waals surface area contributed by atoms with E-state index in [1.54, 1.807) is 41.8 Å². The summed E-state index contributed by atoms with van der Waals surface area (Å²) in [6, 6.07) is 26.3. The molecule has 4 heterocycles. The predicted octanol–water partition coefficient (Wildman–Crippen LogP) is 3.54. The van der Waals surface area contributed by atoms with Crippen LogP contribution < -0.4 is 21.3 Å². The lowest BCUT2D eigenvalue weighted by Gasteiger charge is -2.26. The van der Waals surface area contributed by atoms with E-state index in [0.717, 1.165) is 16.0 Å². The van der Waals surface area contributed by atoms with Crippen molar-refractivity contribution in [2.24, 2.45) is 5.92 Å². The summed E-state index contributed by atoms with van der Waals surface area (Å²) in [6.45, 7) is 0. The number of hydrogen-bond donors (Lipinski definition) is 7. The third-order valence-electron chi connectivity index (χ3n) is 9.78. The number of rotatable bonds is 8. The van der Waals surface area contributed by atoms with Gasteiger partial charge >= 0.3 is 5.97 Å². The van der Waals surface area contributed by atoms with E-state index in [-0.39, 0.29) is 31.4 Å². The molecule has 15 heteroatoms. The van der Waals surface area contributed by atoms with Gasteiger partial charge in [-0.05, 0) is 63.7 Å². The molecule has 0 saturated carbocycles. The summed E-state index contributed by atoms with van der Waals surface area (Å²) >= 11 is 2.67. The largest absolute Gasteiger partial charge is 0.481 e. The first-order valence-electron chi connectivity index (χ1n) is 18.5. The molecule has 3 aromatic carbocycles. The quantitative estimate of drug-likeness (QED) is 0.114. The first-order valence-corrected chi connectivity index (χ1v) is 20.3. The van der Waals surface area contributed by atoms with Crippen molar-refractivity contribution >= 4 is 63.7 Å². The fourth-order valence-electron chi connectivity index (χ4n) is 6.57. The lowest BCUT2D eigenvalue weighted by atomic mass is 9.91. The molecule has 0 unspecified atom stereocenters. The molecule has 0 spiro atoms. The number of carboxylic acids is 1. The molecule has 6 atom stereocenters. The molecule has 0 aliphatic carbocycles.